The van der Waals surface area contributed by atoms with E-state index in [0.29, 0.717) is 12.5 Å². The van der Waals surface area contributed by atoms with E-state index in [0.717, 1.165) is 17.5 Å². The summed E-state index contributed by atoms with van der Waals surface area (Å²) in [6.45, 7) is 5.08. The molecule has 0 amide bonds. The van der Waals surface area contributed by atoms with Crippen molar-refractivity contribution in [3.8, 4) is 0 Å². The van der Waals surface area contributed by atoms with Gasteiger partial charge in [-0.05, 0) is 30.5 Å². The molecule has 0 saturated carbocycles. The van der Waals surface area contributed by atoms with Crippen molar-refractivity contribution in [3.05, 3.63) is 29.6 Å². The molecular weight excluding hydrogens is 234 g/mol. The molecular formula is C16H25N3. The lowest BCUT2D eigenvalue weighted by Crippen LogP contribution is -2.05. The van der Waals surface area contributed by atoms with Crippen LogP contribution in [-0.4, -0.2) is 9.55 Å². The summed E-state index contributed by atoms with van der Waals surface area (Å²) in [5.41, 5.74) is 9.14. The Hall–Kier alpha value is -1.35. The van der Waals surface area contributed by atoms with E-state index < -0.39 is 0 Å². The number of aromatic nitrogens is 2. The maximum atomic E-state index is 5.70. The lowest BCUT2D eigenvalue weighted by molar-refractivity contribution is 0.531. The quantitative estimate of drug-likeness (QED) is 0.859. The van der Waals surface area contributed by atoms with Crippen molar-refractivity contribution < 1.29 is 0 Å². The Morgan fingerprint density at radius 3 is 2.74 bits per heavy atom. The number of nitrogens with zero attached hydrogens (tertiary/aromatic N) is 2. The fraction of sp³-hybridized carbons (Fsp3) is 0.562. The van der Waals surface area contributed by atoms with Gasteiger partial charge in [0.25, 0.3) is 0 Å². The summed E-state index contributed by atoms with van der Waals surface area (Å²) in [6.07, 6.45) is 4.91. The number of nitrogens with two attached hydrogens (primary N) is 1. The molecule has 0 fully saturated rings. The molecule has 2 aromatic rings. The van der Waals surface area contributed by atoms with Crippen LogP contribution >= 0.6 is 0 Å². The molecule has 2 N–H and O–H groups in total. The number of fused-ring (bicyclic) bond motifs is 1. The minimum atomic E-state index is 0.568. The normalized spacial score (nSPS) is 13.1. The highest BCUT2D eigenvalue weighted by Gasteiger charge is 2.16. The zero-order chi connectivity index (χ0) is 13.8. The van der Waals surface area contributed by atoms with Gasteiger partial charge < -0.3 is 10.3 Å². The van der Waals surface area contributed by atoms with Gasteiger partial charge in [-0.25, -0.2) is 4.98 Å². The molecule has 3 nitrogen and oxygen atoms in total. The van der Waals surface area contributed by atoms with E-state index in [1.54, 1.807) is 0 Å². The van der Waals surface area contributed by atoms with Crippen LogP contribution in [0.4, 0.5) is 0 Å². The third-order valence-electron chi connectivity index (χ3n) is 3.98. The average Bonchev–Trinajstić information content (AvgIpc) is 2.76. The van der Waals surface area contributed by atoms with Crippen LogP contribution in [0.15, 0.2) is 18.2 Å². The summed E-state index contributed by atoms with van der Waals surface area (Å²) in [6, 6.07) is 6.35. The lowest BCUT2D eigenvalue weighted by Gasteiger charge is -2.14. The van der Waals surface area contributed by atoms with Crippen LogP contribution in [0.1, 0.15) is 56.8 Å². The Kier molecular flexibility index (Phi) is 4.59. The smallest absolute Gasteiger partial charge is 0.112 e. The SMILES string of the molecule is CCCCC(CC)c1nc2cc(CN)ccc2n1C. The summed E-state index contributed by atoms with van der Waals surface area (Å²) < 4.78 is 2.25. The second-order valence-corrected chi connectivity index (χ2v) is 5.30. The predicted molar refractivity (Wildman–Crippen MR) is 81.2 cm³/mol. The van der Waals surface area contributed by atoms with E-state index in [4.69, 9.17) is 10.7 Å². The molecule has 1 aromatic carbocycles. The van der Waals surface area contributed by atoms with Crippen LogP contribution in [0.2, 0.25) is 0 Å². The van der Waals surface area contributed by atoms with E-state index in [9.17, 15) is 0 Å². The van der Waals surface area contributed by atoms with Crippen LogP contribution in [0, 0.1) is 0 Å². The topological polar surface area (TPSA) is 43.8 Å². The number of rotatable bonds is 6. The van der Waals surface area contributed by atoms with E-state index in [-0.39, 0.29) is 0 Å². The molecule has 0 bridgehead atoms. The van der Waals surface area contributed by atoms with Crippen molar-refractivity contribution in [2.24, 2.45) is 12.8 Å². The van der Waals surface area contributed by atoms with Gasteiger partial charge in [-0.15, -0.1) is 0 Å². The Morgan fingerprint density at radius 1 is 1.32 bits per heavy atom. The van der Waals surface area contributed by atoms with Gasteiger partial charge in [0.05, 0.1) is 11.0 Å². The lowest BCUT2D eigenvalue weighted by atomic mass is 9.98. The summed E-state index contributed by atoms with van der Waals surface area (Å²) in [4.78, 5) is 4.85. The highest BCUT2D eigenvalue weighted by atomic mass is 15.1. The molecule has 0 aliphatic rings. The molecule has 104 valence electrons. The minimum Gasteiger partial charge on any atom is -0.331 e. The van der Waals surface area contributed by atoms with Crippen molar-refractivity contribution in [1.82, 2.24) is 9.55 Å². The van der Waals surface area contributed by atoms with Gasteiger partial charge in [0, 0.05) is 19.5 Å². The highest BCUT2D eigenvalue weighted by molar-refractivity contribution is 5.77. The number of benzene rings is 1. The van der Waals surface area contributed by atoms with Crippen molar-refractivity contribution >= 4 is 11.0 Å². The molecule has 0 spiro atoms. The molecule has 1 aromatic heterocycles. The summed E-state index contributed by atoms with van der Waals surface area (Å²) in [7, 11) is 2.13. The van der Waals surface area contributed by atoms with Crippen molar-refractivity contribution in [1.29, 1.82) is 0 Å². The second-order valence-electron chi connectivity index (χ2n) is 5.30. The summed E-state index contributed by atoms with van der Waals surface area (Å²) in [5.74, 6) is 1.79. The maximum Gasteiger partial charge on any atom is 0.112 e. The largest absolute Gasteiger partial charge is 0.331 e. The minimum absolute atomic E-state index is 0.568. The van der Waals surface area contributed by atoms with Gasteiger partial charge in [0.2, 0.25) is 0 Å². The maximum absolute atomic E-state index is 5.70. The highest BCUT2D eigenvalue weighted by Crippen LogP contribution is 2.27. The Morgan fingerprint density at radius 2 is 2.11 bits per heavy atom. The molecule has 0 aliphatic heterocycles. The molecule has 0 saturated heterocycles. The zero-order valence-electron chi connectivity index (χ0n) is 12.3. The van der Waals surface area contributed by atoms with Crippen molar-refractivity contribution in [2.45, 2.75) is 52.0 Å². The second kappa shape index (κ2) is 6.20. The first-order valence-electron chi connectivity index (χ1n) is 7.36. The standard InChI is InChI=1S/C16H25N3/c1-4-6-7-13(5-2)16-18-14-10-12(11-17)8-9-15(14)19(16)3/h8-10,13H,4-7,11,17H2,1-3H3. The molecule has 3 heteroatoms. The number of hydrogen-bond donors (Lipinski definition) is 1. The van der Waals surface area contributed by atoms with Gasteiger partial charge in [-0.3, -0.25) is 0 Å². The number of hydrogen-bond acceptors (Lipinski definition) is 2. The fourth-order valence-corrected chi connectivity index (χ4v) is 2.72. The average molecular weight is 259 g/mol. The van der Waals surface area contributed by atoms with E-state index in [1.165, 1.54) is 30.6 Å². The van der Waals surface area contributed by atoms with Crippen LogP contribution in [0.3, 0.4) is 0 Å². The van der Waals surface area contributed by atoms with Crippen molar-refractivity contribution in [2.75, 3.05) is 0 Å². The number of unbranched alkanes of at least 4 members (excludes halogenated alkanes) is 1. The van der Waals surface area contributed by atoms with Crippen LogP contribution < -0.4 is 5.73 Å². The van der Waals surface area contributed by atoms with Crippen LogP contribution in [-0.2, 0) is 13.6 Å². The van der Waals surface area contributed by atoms with Gasteiger partial charge in [0.1, 0.15) is 5.82 Å². The molecule has 1 heterocycles. The molecule has 1 unspecified atom stereocenters. The van der Waals surface area contributed by atoms with Gasteiger partial charge in [-0.2, -0.15) is 0 Å². The summed E-state index contributed by atoms with van der Waals surface area (Å²) in [5, 5.41) is 0. The molecule has 19 heavy (non-hydrogen) atoms. The Balaban J connectivity index is 2.39. The van der Waals surface area contributed by atoms with Gasteiger partial charge >= 0.3 is 0 Å². The first-order valence-corrected chi connectivity index (χ1v) is 7.36. The Bertz CT molecular complexity index is 542. The first-order chi connectivity index (χ1) is 9.21. The van der Waals surface area contributed by atoms with Gasteiger partial charge in [0.15, 0.2) is 0 Å². The first kappa shape index (κ1) is 14.1. The van der Waals surface area contributed by atoms with Crippen LogP contribution in [0.25, 0.3) is 11.0 Å². The zero-order valence-corrected chi connectivity index (χ0v) is 12.3. The molecule has 1 atom stereocenters. The third-order valence-corrected chi connectivity index (χ3v) is 3.98. The third kappa shape index (κ3) is 2.81. The Labute approximate surface area is 115 Å². The summed E-state index contributed by atoms with van der Waals surface area (Å²) >= 11 is 0. The van der Waals surface area contributed by atoms with Gasteiger partial charge in [-0.1, -0.05) is 32.8 Å². The van der Waals surface area contributed by atoms with E-state index in [2.05, 4.69) is 43.7 Å². The molecule has 2 rings (SSSR count). The number of imidazole rings is 1. The number of aryl methyl sites for hydroxylation is 1. The fourth-order valence-electron chi connectivity index (χ4n) is 2.72. The van der Waals surface area contributed by atoms with E-state index in [1.807, 2.05) is 0 Å². The van der Waals surface area contributed by atoms with E-state index >= 15 is 0 Å². The predicted octanol–water partition coefficient (Wildman–Crippen LogP) is 3.72. The monoisotopic (exact) mass is 259 g/mol. The van der Waals surface area contributed by atoms with Crippen molar-refractivity contribution in [3.63, 3.8) is 0 Å². The molecule has 0 aliphatic carbocycles. The molecule has 0 radical (unpaired) electrons. The van der Waals surface area contributed by atoms with Crippen LogP contribution in [0.5, 0.6) is 0 Å².